The SMILES string of the molecule is CCOCCOc1ccc(-c2nc(-c3ccc(OC)cc3)nc(-c3ccc(OCCOCC)cc3O)n2)c(O)c1. The summed E-state index contributed by atoms with van der Waals surface area (Å²) in [7, 11) is 1.59. The molecule has 4 rings (SSSR count). The van der Waals surface area contributed by atoms with E-state index >= 15 is 0 Å². The number of hydrogen-bond acceptors (Lipinski definition) is 10. The summed E-state index contributed by atoms with van der Waals surface area (Å²) in [5.41, 5.74) is 1.47. The minimum Gasteiger partial charge on any atom is -0.507 e. The number of benzene rings is 3. The van der Waals surface area contributed by atoms with E-state index in [0.717, 1.165) is 0 Å². The van der Waals surface area contributed by atoms with Crippen LogP contribution in [0.3, 0.4) is 0 Å². The van der Waals surface area contributed by atoms with Crippen LogP contribution in [0.25, 0.3) is 34.2 Å². The molecule has 2 N–H and O–H groups in total. The molecule has 0 unspecified atom stereocenters. The zero-order valence-corrected chi connectivity index (χ0v) is 22.8. The maximum Gasteiger partial charge on any atom is 0.167 e. The van der Waals surface area contributed by atoms with E-state index in [4.69, 9.17) is 23.7 Å². The van der Waals surface area contributed by atoms with Gasteiger partial charge >= 0.3 is 0 Å². The number of ether oxygens (including phenoxy) is 5. The van der Waals surface area contributed by atoms with Gasteiger partial charge in [-0.3, -0.25) is 0 Å². The molecule has 210 valence electrons. The minimum absolute atomic E-state index is 0.0611. The normalized spacial score (nSPS) is 10.9. The largest absolute Gasteiger partial charge is 0.507 e. The predicted octanol–water partition coefficient (Wildman–Crippen LogP) is 5.12. The van der Waals surface area contributed by atoms with Crippen molar-refractivity contribution in [2.24, 2.45) is 0 Å². The van der Waals surface area contributed by atoms with Crippen LogP contribution in [0.5, 0.6) is 28.7 Å². The van der Waals surface area contributed by atoms with Crippen LogP contribution >= 0.6 is 0 Å². The van der Waals surface area contributed by atoms with E-state index in [9.17, 15) is 10.2 Å². The van der Waals surface area contributed by atoms with Crippen molar-refractivity contribution < 1.29 is 33.9 Å². The topological polar surface area (TPSA) is 125 Å². The number of hydrogen-bond donors (Lipinski definition) is 2. The highest BCUT2D eigenvalue weighted by molar-refractivity contribution is 5.72. The fraction of sp³-hybridized carbons (Fsp3) is 0.300. The lowest BCUT2D eigenvalue weighted by Gasteiger charge is -2.12. The van der Waals surface area contributed by atoms with Crippen molar-refractivity contribution in [2.45, 2.75) is 13.8 Å². The summed E-state index contributed by atoms with van der Waals surface area (Å²) in [6.07, 6.45) is 0. The third-order valence-corrected chi connectivity index (χ3v) is 5.80. The average molecular weight is 548 g/mol. The molecule has 0 aliphatic heterocycles. The first kappa shape index (κ1) is 28.6. The second kappa shape index (κ2) is 14.1. The Kier molecular flexibility index (Phi) is 10.1. The number of rotatable bonds is 14. The van der Waals surface area contributed by atoms with Crippen LogP contribution in [0.2, 0.25) is 0 Å². The van der Waals surface area contributed by atoms with E-state index in [1.807, 2.05) is 26.0 Å². The zero-order chi connectivity index (χ0) is 28.3. The Hall–Kier alpha value is -4.41. The second-order valence-electron chi connectivity index (χ2n) is 8.48. The molecule has 0 spiro atoms. The first-order valence-electron chi connectivity index (χ1n) is 13.0. The summed E-state index contributed by atoms with van der Waals surface area (Å²) in [4.78, 5) is 13.9. The van der Waals surface area contributed by atoms with E-state index in [1.54, 1.807) is 43.5 Å². The molecular formula is C30H33N3O7. The smallest absolute Gasteiger partial charge is 0.167 e. The Morgan fingerprint density at radius 3 is 1.45 bits per heavy atom. The molecule has 10 nitrogen and oxygen atoms in total. The maximum absolute atomic E-state index is 10.8. The summed E-state index contributed by atoms with van der Waals surface area (Å²) in [6, 6.07) is 17.1. The summed E-state index contributed by atoms with van der Waals surface area (Å²) in [6.45, 7) is 6.63. The van der Waals surface area contributed by atoms with E-state index < -0.39 is 0 Å². The van der Waals surface area contributed by atoms with Crippen LogP contribution in [0.1, 0.15) is 13.8 Å². The van der Waals surface area contributed by atoms with Gasteiger partial charge in [-0.1, -0.05) is 0 Å². The molecule has 0 radical (unpaired) electrons. The molecule has 10 heteroatoms. The van der Waals surface area contributed by atoms with Crippen LogP contribution in [0.4, 0.5) is 0 Å². The van der Waals surface area contributed by atoms with Gasteiger partial charge in [0.1, 0.15) is 42.0 Å². The molecular weight excluding hydrogens is 514 g/mol. The fourth-order valence-electron chi connectivity index (χ4n) is 3.79. The van der Waals surface area contributed by atoms with Crippen LogP contribution < -0.4 is 14.2 Å². The van der Waals surface area contributed by atoms with Gasteiger partial charge in [0.05, 0.1) is 31.5 Å². The molecule has 3 aromatic carbocycles. The van der Waals surface area contributed by atoms with Crippen LogP contribution in [0, 0.1) is 0 Å². The standard InChI is InChI=1S/C30H33N3O7/c1-4-37-14-16-39-22-10-12-24(26(34)18-22)29-31-28(20-6-8-21(36-3)9-7-20)32-30(33-29)25-13-11-23(19-27(25)35)40-17-15-38-5-2/h6-13,18-19,34-35H,4-5,14-17H2,1-3H3. The van der Waals surface area contributed by atoms with Crippen molar-refractivity contribution in [1.29, 1.82) is 0 Å². The zero-order valence-electron chi connectivity index (χ0n) is 22.8. The Balaban J connectivity index is 1.70. The lowest BCUT2D eigenvalue weighted by molar-refractivity contribution is 0.110. The number of nitrogens with zero attached hydrogens (tertiary/aromatic N) is 3. The van der Waals surface area contributed by atoms with Gasteiger partial charge in [0, 0.05) is 30.9 Å². The lowest BCUT2D eigenvalue weighted by atomic mass is 10.1. The van der Waals surface area contributed by atoms with Crippen molar-refractivity contribution in [3.8, 4) is 62.9 Å². The Labute approximate surface area is 233 Å². The van der Waals surface area contributed by atoms with Crippen molar-refractivity contribution in [3.05, 3.63) is 60.7 Å². The molecule has 0 atom stereocenters. The third-order valence-electron chi connectivity index (χ3n) is 5.80. The molecule has 0 aliphatic rings. The molecule has 1 aromatic heterocycles. The molecule has 0 amide bonds. The molecule has 40 heavy (non-hydrogen) atoms. The van der Waals surface area contributed by atoms with Crippen molar-refractivity contribution >= 4 is 0 Å². The molecule has 0 aliphatic carbocycles. The van der Waals surface area contributed by atoms with Gasteiger partial charge in [0.2, 0.25) is 0 Å². The first-order chi connectivity index (χ1) is 19.5. The highest BCUT2D eigenvalue weighted by Crippen LogP contribution is 2.35. The summed E-state index contributed by atoms with van der Waals surface area (Å²) >= 11 is 0. The summed E-state index contributed by atoms with van der Waals surface area (Å²) in [5, 5.41) is 21.7. The van der Waals surface area contributed by atoms with Crippen molar-refractivity contribution in [3.63, 3.8) is 0 Å². The minimum atomic E-state index is -0.0611. The lowest BCUT2D eigenvalue weighted by Crippen LogP contribution is -2.06. The molecule has 0 bridgehead atoms. The van der Waals surface area contributed by atoms with Crippen molar-refractivity contribution in [1.82, 2.24) is 15.0 Å². The van der Waals surface area contributed by atoms with Gasteiger partial charge < -0.3 is 33.9 Å². The summed E-state index contributed by atoms with van der Waals surface area (Å²) in [5.74, 6) is 2.36. The van der Waals surface area contributed by atoms with Gasteiger partial charge in [0.25, 0.3) is 0 Å². The van der Waals surface area contributed by atoms with E-state index in [2.05, 4.69) is 15.0 Å². The highest BCUT2D eigenvalue weighted by Gasteiger charge is 2.18. The first-order valence-corrected chi connectivity index (χ1v) is 13.0. The van der Waals surface area contributed by atoms with E-state index in [-0.39, 0.29) is 23.1 Å². The van der Waals surface area contributed by atoms with Crippen molar-refractivity contribution in [2.75, 3.05) is 46.8 Å². The number of aromatic hydroxyl groups is 2. The molecule has 4 aromatic rings. The Morgan fingerprint density at radius 2 is 1.02 bits per heavy atom. The molecule has 0 fully saturated rings. The number of phenolic OH excluding ortho intramolecular Hbond substituents is 2. The summed E-state index contributed by atoms with van der Waals surface area (Å²) < 4.78 is 27.2. The fourth-order valence-corrected chi connectivity index (χ4v) is 3.79. The molecule has 1 heterocycles. The van der Waals surface area contributed by atoms with Gasteiger partial charge in [0.15, 0.2) is 17.5 Å². The van der Waals surface area contributed by atoms with Crippen LogP contribution in [-0.2, 0) is 9.47 Å². The second-order valence-corrected chi connectivity index (χ2v) is 8.48. The monoisotopic (exact) mass is 547 g/mol. The number of methoxy groups -OCH3 is 1. The molecule has 0 saturated carbocycles. The number of phenols is 2. The molecule has 0 saturated heterocycles. The third kappa shape index (κ3) is 7.37. The number of aromatic nitrogens is 3. The highest BCUT2D eigenvalue weighted by atomic mass is 16.5. The van der Waals surface area contributed by atoms with Gasteiger partial charge in [-0.05, 0) is 62.4 Å². The van der Waals surface area contributed by atoms with Gasteiger partial charge in [-0.25, -0.2) is 15.0 Å². The van der Waals surface area contributed by atoms with E-state index in [0.29, 0.717) is 79.4 Å². The maximum atomic E-state index is 10.8. The predicted molar refractivity (Wildman–Crippen MR) is 150 cm³/mol. The Bertz CT molecular complexity index is 1320. The Morgan fingerprint density at radius 1 is 0.575 bits per heavy atom. The van der Waals surface area contributed by atoms with E-state index in [1.165, 1.54) is 12.1 Å². The van der Waals surface area contributed by atoms with Crippen LogP contribution in [0.15, 0.2) is 60.7 Å². The van der Waals surface area contributed by atoms with Crippen LogP contribution in [-0.4, -0.2) is 71.9 Å². The average Bonchev–Trinajstić information content (AvgIpc) is 2.97. The van der Waals surface area contributed by atoms with Gasteiger partial charge in [-0.15, -0.1) is 0 Å². The van der Waals surface area contributed by atoms with Gasteiger partial charge in [-0.2, -0.15) is 0 Å². The quantitative estimate of drug-likeness (QED) is 0.205.